The predicted octanol–water partition coefficient (Wildman–Crippen LogP) is 4.66. The van der Waals surface area contributed by atoms with E-state index in [9.17, 15) is 0 Å². The predicted molar refractivity (Wildman–Crippen MR) is 137 cm³/mol. The molecule has 2 aliphatic heterocycles. The van der Waals surface area contributed by atoms with Crippen LogP contribution < -0.4 is 14.5 Å². The average Bonchev–Trinajstić information content (AvgIpc) is 3.76. The number of fused-ring (bicyclic) bond motifs is 1. The van der Waals surface area contributed by atoms with Crippen LogP contribution >= 0.6 is 0 Å². The Balaban J connectivity index is 0.000000421. The van der Waals surface area contributed by atoms with Crippen molar-refractivity contribution in [2.75, 3.05) is 11.8 Å². The van der Waals surface area contributed by atoms with Gasteiger partial charge >= 0.3 is 17.1 Å². The van der Waals surface area contributed by atoms with Gasteiger partial charge in [-0.2, -0.15) is 10.2 Å². The number of para-hydroxylation sites is 1. The minimum absolute atomic E-state index is 0. The summed E-state index contributed by atoms with van der Waals surface area (Å²) in [5.74, 6) is 2.73. The number of aromatic nitrogens is 3. The maximum Gasteiger partial charge on any atom is 2.00 e. The number of anilines is 1. The molecule has 37 heavy (non-hydrogen) atoms. The fourth-order valence-electron chi connectivity index (χ4n) is 4.69. The number of hydrogen-bond acceptors (Lipinski definition) is 6. The largest absolute Gasteiger partial charge is 2.00 e. The maximum atomic E-state index is 5.67. The van der Waals surface area contributed by atoms with Crippen LogP contribution in [0, 0.1) is 69.6 Å². The van der Waals surface area contributed by atoms with E-state index in [0.717, 1.165) is 34.4 Å². The summed E-state index contributed by atoms with van der Waals surface area (Å²) < 4.78 is 13.1. The Morgan fingerprint density at radius 1 is 0.838 bits per heavy atom. The van der Waals surface area contributed by atoms with Gasteiger partial charge in [-0.1, -0.05) is 24.3 Å². The van der Waals surface area contributed by atoms with Crippen LogP contribution in [-0.4, -0.2) is 27.3 Å². The van der Waals surface area contributed by atoms with Gasteiger partial charge in [-0.25, -0.2) is 4.98 Å². The van der Waals surface area contributed by atoms with Crippen molar-refractivity contribution in [3.05, 3.63) is 130 Å². The van der Waals surface area contributed by atoms with E-state index in [1.54, 1.807) is 12.7 Å². The van der Waals surface area contributed by atoms with Crippen LogP contribution in [0.4, 0.5) is 5.69 Å². The summed E-state index contributed by atoms with van der Waals surface area (Å²) in [6.45, 7) is 0.913. The third kappa shape index (κ3) is 5.70. The first-order valence-corrected chi connectivity index (χ1v) is 11.9. The molecule has 0 bridgehead atoms. The smallest absolute Gasteiger partial charge is 0.454 e. The second-order valence-electron chi connectivity index (χ2n) is 8.58. The molecule has 10 radical (unpaired) electrons. The Bertz CT molecular complexity index is 1150. The van der Waals surface area contributed by atoms with Crippen molar-refractivity contribution < 1.29 is 26.5 Å². The van der Waals surface area contributed by atoms with E-state index in [4.69, 9.17) is 14.6 Å². The van der Waals surface area contributed by atoms with Gasteiger partial charge in [0, 0.05) is 11.8 Å². The first kappa shape index (κ1) is 25.8. The second kappa shape index (κ2) is 12.1. The van der Waals surface area contributed by atoms with E-state index in [1.165, 1.54) is 0 Å². The molecule has 2 fully saturated rings. The van der Waals surface area contributed by atoms with Crippen LogP contribution in [0.1, 0.15) is 11.6 Å². The third-order valence-corrected chi connectivity index (χ3v) is 6.33. The summed E-state index contributed by atoms with van der Waals surface area (Å²) in [7, 11) is 0. The molecule has 4 aliphatic rings. The molecule has 0 saturated heterocycles. The van der Waals surface area contributed by atoms with Crippen LogP contribution in [0.5, 0.6) is 11.5 Å². The van der Waals surface area contributed by atoms with Crippen molar-refractivity contribution in [1.29, 1.82) is 0 Å². The van der Waals surface area contributed by atoms with Gasteiger partial charge in [0.2, 0.25) is 6.79 Å². The zero-order valence-electron chi connectivity index (χ0n) is 19.9. The number of hydrazone groups is 1. The summed E-state index contributed by atoms with van der Waals surface area (Å²) >= 11 is 0. The van der Waals surface area contributed by atoms with E-state index >= 15 is 0 Å². The number of rotatable bonds is 5. The topological polar surface area (TPSA) is 64.8 Å². The Labute approximate surface area is 229 Å². The molecule has 184 valence electrons. The van der Waals surface area contributed by atoms with E-state index in [2.05, 4.69) is 52.2 Å². The van der Waals surface area contributed by atoms with Crippen LogP contribution in [0.3, 0.4) is 0 Å². The number of benzene rings is 2. The Morgan fingerprint density at radius 3 is 2.27 bits per heavy atom. The molecule has 2 saturated carbocycles. The molecule has 2 atom stereocenters. The molecular weight excluding hydrogens is 506 g/mol. The van der Waals surface area contributed by atoms with Crippen molar-refractivity contribution in [3.8, 4) is 11.5 Å². The van der Waals surface area contributed by atoms with Crippen molar-refractivity contribution in [1.82, 2.24) is 14.8 Å². The monoisotopic (exact) mass is 531 g/mol. The molecule has 8 heteroatoms. The molecule has 3 aromatic rings. The van der Waals surface area contributed by atoms with E-state index in [-0.39, 0.29) is 35.8 Å². The Kier molecular flexibility index (Phi) is 8.47. The van der Waals surface area contributed by atoms with E-state index < -0.39 is 0 Å². The van der Waals surface area contributed by atoms with Gasteiger partial charge < -0.3 is 9.47 Å². The maximum absolute atomic E-state index is 5.67. The number of ether oxygens (including phenoxy) is 2. The van der Waals surface area contributed by atoms with E-state index in [0.29, 0.717) is 6.54 Å². The standard InChI is InChI=1S/C24H20N5O2.C5H5.Fe/c1-2-8-19(9-3-1)29-24(18-10-11-21-22(12-18)31-16-30-21)20(13-28-15-25-14-26-28)23(27-29)17-6-4-5-7-17;1-2-4-5-3-1;/h1-12,14-15,20,24H,13,16H2;1-5H;/q;;+2/t20-,24+;;/m1../s1. The van der Waals surface area contributed by atoms with Gasteiger partial charge in [-0.3, -0.25) is 9.69 Å². The summed E-state index contributed by atoms with van der Waals surface area (Å²) in [4.78, 5) is 4.14. The Hall–Kier alpha value is -2.83. The van der Waals surface area contributed by atoms with Crippen molar-refractivity contribution in [3.63, 3.8) is 0 Å². The molecule has 7 nitrogen and oxygen atoms in total. The molecule has 0 N–H and O–H groups in total. The second-order valence-corrected chi connectivity index (χ2v) is 8.58. The minimum atomic E-state index is -0.0361. The zero-order valence-corrected chi connectivity index (χ0v) is 21.0. The molecule has 0 spiro atoms. The van der Waals surface area contributed by atoms with Crippen molar-refractivity contribution in [2.24, 2.45) is 11.0 Å². The fraction of sp³-hybridized carbons (Fsp3) is 0.138. The van der Waals surface area contributed by atoms with Gasteiger partial charge in [0.05, 0.1) is 24.0 Å². The van der Waals surface area contributed by atoms with Gasteiger partial charge in [-0.05, 0) is 87.6 Å². The van der Waals surface area contributed by atoms with Gasteiger partial charge in [0.15, 0.2) is 11.5 Å². The molecule has 2 aromatic carbocycles. The summed E-state index contributed by atoms with van der Waals surface area (Å²) in [6, 6.07) is 16.4. The quantitative estimate of drug-likeness (QED) is 0.448. The molecule has 0 amide bonds. The summed E-state index contributed by atoms with van der Waals surface area (Å²) in [6.07, 6.45) is 21.6. The van der Waals surface area contributed by atoms with Crippen molar-refractivity contribution >= 4 is 11.4 Å². The normalized spacial score (nSPS) is 22.4. The molecule has 0 unspecified atom stereocenters. The van der Waals surface area contributed by atoms with Crippen LogP contribution in [0.15, 0.2) is 66.3 Å². The average molecular weight is 531 g/mol. The first-order chi connectivity index (χ1) is 17.9. The van der Waals surface area contributed by atoms with Crippen molar-refractivity contribution in [2.45, 2.75) is 12.6 Å². The molecular formula is C29H25FeN5O2+2. The Morgan fingerprint density at radius 2 is 1.57 bits per heavy atom. The molecule has 7 rings (SSSR count). The zero-order chi connectivity index (χ0) is 24.2. The molecule has 3 heterocycles. The third-order valence-electron chi connectivity index (χ3n) is 6.33. The van der Waals surface area contributed by atoms with Gasteiger partial charge in [0.25, 0.3) is 0 Å². The molecule has 2 aliphatic carbocycles. The fourth-order valence-corrected chi connectivity index (χ4v) is 4.69. The molecule has 1 aromatic heterocycles. The van der Waals surface area contributed by atoms with Crippen LogP contribution in [-0.2, 0) is 23.6 Å². The summed E-state index contributed by atoms with van der Waals surface area (Å²) in [5.41, 5.74) is 3.19. The van der Waals surface area contributed by atoms with Gasteiger partial charge in [-0.15, -0.1) is 0 Å². The SMILES string of the molecule is [CH]1[CH][CH][CH][CH]1.[CH]1[CH][CH][C](C2=NN(c3ccccc3)[C@@H](c3ccc4c(c3)OCO4)[C@@H]2Cn2cncn2)[CH]1.[Fe+2]. The van der Waals surface area contributed by atoms with Crippen LogP contribution in [0.2, 0.25) is 0 Å². The first-order valence-electron chi connectivity index (χ1n) is 11.9. The summed E-state index contributed by atoms with van der Waals surface area (Å²) in [5, 5.41) is 11.6. The van der Waals surface area contributed by atoms with E-state index in [1.807, 2.05) is 73.9 Å². The van der Waals surface area contributed by atoms with Gasteiger partial charge in [0.1, 0.15) is 12.7 Å². The minimum Gasteiger partial charge on any atom is -0.454 e. The number of nitrogens with zero attached hydrogens (tertiary/aromatic N) is 5. The number of hydrogen-bond donors (Lipinski definition) is 0. The van der Waals surface area contributed by atoms with Crippen LogP contribution in [0.25, 0.3) is 0 Å².